The number of rotatable bonds is 5. The minimum absolute atomic E-state index is 0.0671. The highest BCUT2D eigenvalue weighted by atomic mass is 16.6. The molecular weight excluding hydrogens is 258 g/mol. The summed E-state index contributed by atoms with van der Waals surface area (Å²) in [4.78, 5) is 13.7. The normalized spacial score (nSPS) is 29.8. The van der Waals surface area contributed by atoms with Gasteiger partial charge >= 0.3 is 0 Å². The van der Waals surface area contributed by atoms with Gasteiger partial charge < -0.3 is 5.32 Å². The molecule has 2 aliphatic rings. The van der Waals surface area contributed by atoms with Gasteiger partial charge in [0, 0.05) is 57.2 Å². The number of hydrogen-bond acceptors (Lipinski definition) is 6. The van der Waals surface area contributed by atoms with Gasteiger partial charge in [0.15, 0.2) is 0 Å². The van der Waals surface area contributed by atoms with Crippen LogP contribution in [0.25, 0.3) is 0 Å². The minimum atomic E-state index is -0.470. The number of piperidine rings is 1. The molecule has 2 unspecified atom stereocenters. The maximum absolute atomic E-state index is 11.5. The standard InChI is InChI=1S/C13H27N5O2/c1-3-16(4-2)17-9-5-6-12(18(19)20)13(17)15-10-7-14-8-11-15/h12-14H,3-11H2,1-2H3. The van der Waals surface area contributed by atoms with Crippen LogP contribution in [0.1, 0.15) is 26.7 Å². The molecule has 0 amide bonds. The highest BCUT2D eigenvalue weighted by Crippen LogP contribution is 2.25. The third-order valence-corrected chi connectivity index (χ3v) is 4.43. The maximum atomic E-state index is 11.5. The van der Waals surface area contributed by atoms with E-state index in [9.17, 15) is 10.1 Å². The summed E-state index contributed by atoms with van der Waals surface area (Å²) in [6, 6.07) is -0.470. The molecule has 0 spiro atoms. The van der Waals surface area contributed by atoms with Crippen molar-refractivity contribution in [2.45, 2.75) is 38.9 Å². The van der Waals surface area contributed by atoms with E-state index in [1.165, 1.54) is 0 Å². The van der Waals surface area contributed by atoms with Crippen LogP contribution in [0, 0.1) is 10.1 Å². The second kappa shape index (κ2) is 7.31. The first-order chi connectivity index (χ1) is 9.69. The van der Waals surface area contributed by atoms with Gasteiger partial charge in [0.25, 0.3) is 0 Å². The summed E-state index contributed by atoms with van der Waals surface area (Å²) in [6.07, 6.45) is 1.52. The molecule has 2 rings (SSSR count). The predicted molar refractivity (Wildman–Crippen MR) is 77.9 cm³/mol. The summed E-state index contributed by atoms with van der Waals surface area (Å²) in [7, 11) is 0. The Labute approximate surface area is 121 Å². The van der Waals surface area contributed by atoms with E-state index in [4.69, 9.17) is 0 Å². The highest BCUT2D eigenvalue weighted by molar-refractivity contribution is 4.86. The lowest BCUT2D eigenvalue weighted by Gasteiger charge is -2.48. The Kier molecular flexibility index (Phi) is 5.71. The van der Waals surface area contributed by atoms with Crippen LogP contribution in [0.2, 0.25) is 0 Å². The SMILES string of the molecule is CCN(CC)N1CCCC([N+](=O)[O-])C1N1CCNCC1. The van der Waals surface area contributed by atoms with Crippen LogP contribution in [0.4, 0.5) is 0 Å². The summed E-state index contributed by atoms with van der Waals surface area (Å²) in [5.74, 6) is 0. The Morgan fingerprint density at radius 2 is 1.90 bits per heavy atom. The van der Waals surface area contributed by atoms with Crippen LogP contribution in [0.5, 0.6) is 0 Å². The molecule has 2 fully saturated rings. The number of nitrogens with zero attached hydrogens (tertiary/aromatic N) is 4. The summed E-state index contributed by atoms with van der Waals surface area (Å²) in [5, 5.41) is 19.3. The molecule has 2 saturated heterocycles. The largest absolute Gasteiger partial charge is 0.314 e. The molecule has 0 radical (unpaired) electrons. The quantitative estimate of drug-likeness (QED) is 0.576. The minimum Gasteiger partial charge on any atom is -0.314 e. The van der Waals surface area contributed by atoms with Crippen LogP contribution in [0.3, 0.4) is 0 Å². The van der Waals surface area contributed by atoms with Gasteiger partial charge in [0.05, 0.1) is 0 Å². The van der Waals surface area contributed by atoms with Crippen molar-refractivity contribution in [3.63, 3.8) is 0 Å². The Morgan fingerprint density at radius 1 is 1.25 bits per heavy atom. The van der Waals surface area contributed by atoms with Gasteiger partial charge in [0.1, 0.15) is 6.17 Å². The van der Waals surface area contributed by atoms with Gasteiger partial charge in [0.2, 0.25) is 6.04 Å². The van der Waals surface area contributed by atoms with E-state index in [2.05, 4.69) is 34.1 Å². The first kappa shape index (κ1) is 15.6. The van der Waals surface area contributed by atoms with Gasteiger partial charge in [-0.2, -0.15) is 0 Å². The lowest BCUT2D eigenvalue weighted by Crippen LogP contribution is -2.66. The summed E-state index contributed by atoms with van der Waals surface area (Å²) in [5.41, 5.74) is 0. The Hall–Kier alpha value is -0.760. The molecule has 0 bridgehead atoms. The van der Waals surface area contributed by atoms with Crippen LogP contribution in [-0.2, 0) is 0 Å². The first-order valence-corrected chi connectivity index (χ1v) is 7.78. The maximum Gasteiger partial charge on any atom is 0.242 e. The van der Waals surface area contributed by atoms with Gasteiger partial charge in [-0.3, -0.25) is 15.0 Å². The molecule has 0 aromatic carbocycles. The molecule has 7 heteroatoms. The first-order valence-electron chi connectivity index (χ1n) is 7.78. The molecule has 0 aliphatic carbocycles. The van der Waals surface area contributed by atoms with Crippen LogP contribution in [-0.4, -0.2) is 77.9 Å². The Bertz CT molecular complexity index is 318. The number of hydrogen-bond donors (Lipinski definition) is 1. The van der Waals surface area contributed by atoms with Gasteiger partial charge in [-0.1, -0.05) is 13.8 Å². The van der Waals surface area contributed by atoms with Crippen molar-refractivity contribution >= 4 is 0 Å². The summed E-state index contributed by atoms with van der Waals surface area (Å²) in [6.45, 7) is 10.6. The smallest absolute Gasteiger partial charge is 0.242 e. The number of nitro groups is 1. The average Bonchev–Trinajstić information content (AvgIpc) is 2.49. The van der Waals surface area contributed by atoms with Crippen molar-refractivity contribution in [3.8, 4) is 0 Å². The lowest BCUT2D eigenvalue weighted by atomic mass is 10.0. The van der Waals surface area contributed by atoms with E-state index in [1.807, 2.05) is 0 Å². The molecule has 2 atom stereocenters. The van der Waals surface area contributed by atoms with Gasteiger partial charge in [-0.05, 0) is 6.42 Å². The van der Waals surface area contributed by atoms with E-state index in [0.717, 1.165) is 52.2 Å². The second-order valence-corrected chi connectivity index (χ2v) is 5.50. The molecule has 0 aromatic heterocycles. The molecule has 1 N–H and O–H groups in total. The van der Waals surface area contributed by atoms with Crippen LogP contribution < -0.4 is 5.32 Å². The Morgan fingerprint density at radius 3 is 2.45 bits per heavy atom. The monoisotopic (exact) mass is 285 g/mol. The molecular formula is C13H27N5O2. The molecule has 20 heavy (non-hydrogen) atoms. The molecule has 2 aliphatic heterocycles. The van der Waals surface area contributed by atoms with E-state index < -0.39 is 6.04 Å². The fourth-order valence-electron chi connectivity index (χ4n) is 3.43. The molecule has 7 nitrogen and oxygen atoms in total. The van der Waals surface area contributed by atoms with E-state index in [-0.39, 0.29) is 11.1 Å². The summed E-state index contributed by atoms with van der Waals surface area (Å²) >= 11 is 0. The summed E-state index contributed by atoms with van der Waals surface area (Å²) < 4.78 is 0. The number of nitrogens with one attached hydrogen (secondary N) is 1. The van der Waals surface area contributed by atoms with Crippen molar-refractivity contribution in [2.75, 3.05) is 45.8 Å². The third kappa shape index (κ3) is 3.28. The van der Waals surface area contributed by atoms with E-state index in [0.29, 0.717) is 6.42 Å². The predicted octanol–water partition coefficient (Wildman–Crippen LogP) is 0.216. The topological polar surface area (TPSA) is 64.9 Å². The van der Waals surface area contributed by atoms with Crippen molar-refractivity contribution in [3.05, 3.63) is 10.1 Å². The van der Waals surface area contributed by atoms with E-state index in [1.54, 1.807) is 0 Å². The zero-order valence-corrected chi connectivity index (χ0v) is 12.6. The zero-order chi connectivity index (χ0) is 14.5. The van der Waals surface area contributed by atoms with Crippen LogP contribution >= 0.6 is 0 Å². The lowest BCUT2D eigenvalue weighted by molar-refractivity contribution is -0.544. The van der Waals surface area contributed by atoms with Crippen LogP contribution in [0.15, 0.2) is 0 Å². The fraction of sp³-hybridized carbons (Fsp3) is 1.00. The van der Waals surface area contributed by atoms with Gasteiger partial charge in [-0.25, -0.2) is 10.0 Å². The number of piperazine rings is 1. The van der Waals surface area contributed by atoms with Crippen molar-refractivity contribution < 1.29 is 4.92 Å². The molecule has 0 saturated carbocycles. The number of hydrazine groups is 1. The molecule has 116 valence electrons. The highest BCUT2D eigenvalue weighted by Gasteiger charge is 2.44. The van der Waals surface area contributed by atoms with Crippen molar-refractivity contribution in [1.29, 1.82) is 0 Å². The average molecular weight is 285 g/mol. The van der Waals surface area contributed by atoms with Crippen molar-refractivity contribution in [1.82, 2.24) is 20.2 Å². The van der Waals surface area contributed by atoms with Crippen molar-refractivity contribution in [2.24, 2.45) is 0 Å². The Balaban J connectivity index is 2.20. The molecule has 2 heterocycles. The van der Waals surface area contributed by atoms with Gasteiger partial charge in [-0.15, -0.1) is 0 Å². The van der Waals surface area contributed by atoms with E-state index >= 15 is 0 Å². The zero-order valence-electron chi connectivity index (χ0n) is 12.6. The molecule has 0 aromatic rings. The second-order valence-electron chi connectivity index (χ2n) is 5.50. The fourth-order valence-corrected chi connectivity index (χ4v) is 3.43. The third-order valence-electron chi connectivity index (χ3n) is 4.43.